The van der Waals surface area contributed by atoms with E-state index in [1.54, 1.807) is 6.33 Å². The van der Waals surface area contributed by atoms with Gasteiger partial charge in [0.25, 0.3) is 0 Å². The minimum atomic E-state index is 0.460. The Kier molecular flexibility index (Phi) is 7.17. The first-order chi connectivity index (χ1) is 26.3. The number of thiophene rings is 2. The van der Waals surface area contributed by atoms with Crippen LogP contribution >= 0.6 is 22.7 Å². The van der Waals surface area contributed by atoms with Crippen LogP contribution in [-0.4, -0.2) is 9.97 Å². The molecule has 3 nitrogen and oxygen atoms in total. The number of benzene rings is 6. The van der Waals surface area contributed by atoms with Crippen LogP contribution in [0, 0.1) is 0 Å². The molecule has 0 bridgehead atoms. The molecule has 1 unspecified atom stereocenters. The van der Waals surface area contributed by atoms with E-state index in [0.717, 1.165) is 58.2 Å². The van der Waals surface area contributed by atoms with Gasteiger partial charge < -0.3 is 4.42 Å². The molecule has 5 heteroatoms. The maximum atomic E-state index is 6.57. The first kappa shape index (κ1) is 30.7. The van der Waals surface area contributed by atoms with E-state index in [0.29, 0.717) is 5.92 Å². The highest BCUT2D eigenvalue weighted by Crippen LogP contribution is 2.44. The molecule has 53 heavy (non-hydrogen) atoms. The first-order valence-electron chi connectivity index (χ1n) is 18.2. The fourth-order valence-electron chi connectivity index (χ4n) is 8.36. The Morgan fingerprint density at radius 1 is 0.604 bits per heavy atom. The molecule has 10 aromatic rings. The molecular formula is C48H32N2OS2. The third-order valence-corrected chi connectivity index (χ3v) is 13.4. The van der Waals surface area contributed by atoms with E-state index in [1.165, 1.54) is 62.6 Å². The summed E-state index contributed by atoms with van der Waals surface area (Å²) in [4.78, 5) is 9.57. The quantitative estimate of drug-likeness (QED) is 0.182. The second kappa shape index (κ2) is 12.4. The SMILES string of the molecule is C1=C\CC(c2cccc3c2sc2ccccc23)CC\C(c2ccc3oc4c(-c5cccc(-c6cccc7c6sc6ccccc67)c5)ncnc4c3c2)=C/1. The number of aromatic nitrogens is 2. The zero-order valence-corrected chi connectivity index (χ0v) is 30.4. The first-order valence-corrected chi connectivity index (χ1v) is 19.8. The molecule has 0 radical (unpaired) electrons. The summed E-state index contributed by atoms with van der Waals surface area (Å²) >= 11 is 3.79. The molecular weight excluding hydrogens is 685 g/mol. The Hall–Kier alpha value is -5.88. The number of hydrogen-bond donors (Lipinski definition) is 0. The molecule has 252 valence electrons. The van der Waals surface area contributed by atoms with E-state index < -0.39 is 0 Å². The van der Waals surface area contributed by atoms with Crippen LogP contribution < -0.4 is 0 Å². The average Bonchev–Trinajstić information content (AvgIpc) is 3.89. The van der Waals surface area contributed by atoms with Gasteiger partial charge in [-0.25, -0.2) is 9.97 Å². The molecule has 0 saturated heterocycles. The summed E-state index contributed by atoms with van der Waals surface area (Å²) in [7, 11) is 0. The summed E-state index contributed by atoms with van der Waals surface area (Å²) < 4.78 is 12.0. The van der Waals surface area contributed by atoms with E-state index in [-0.39, 0.29) is 0 Å². The van der Waals surface area contributed by atoms with Crippen LogP contribution in [0.4, 0.5) is 0 Å². The van der Waals surface area contributed by atoms with Gasteiger partial charge in [0.1, 0.15) is 23.1 Å². The largest absolute Gasteiger partial charge is 0.452 e. The summed E-state index contributed by atoms with van der Waals surface area (Å²) in [5.41, 5.74) is 10.6. The summed E-state index contributed by atoms with van der Waals surface area (Å²) in [6.07, 6.45) is 11.7. The van der Waals surface area contributed by atoms with Gasteiger partial charge >= 0.3 is 0 Å². The van der Waals surface area contributed by atoms with Gasteiger partial charge in [-0.1, -0.05) is 115 Å². The number of nitrogens with zero attached hydrogens (tertiary/aromatic N) is 2. The van der Waals surface area contributed by atoms with Crippen LogP contribution in [0.5, 0.6) is 0 Å². The lowest BCUT2D eigenvalue weighted by atomic mass is 9.86. The van der Waals surface area contributed by atoms with Crippen LogP contribution in [-0.2, 0) is 0 Å². The summed E-state index contributed by atoms with van der Waals surface area (Å²) in [5, 5.41) is 6.36. The molecule has 11 rings (SSSR count). The lowest BCUT2D eigenvalue weighted by Crippen LogP contribution is -2.01. The van der Waals surface area contributed by atoms with Crippen LogP contribution in [0.3, 0.4) is 0 Å². The van der Waals surface area contributed by atoms with Crippen molar-refractivity contribution in [1.82, 2.24) is 9.97 Å². The van der Waals surface area contributed by atoms with Gasteiger partial charge in [-0.05, 0) is 83.3 Å². The molecule has 0 saturated carbocycles. The number of rotatable bonds is 4. The van der Waals surface area contributed by atoms with Crippen molar-refractivity contribution in [3.8, 4) is 22.4 Å². The van der Waals surface area contributed by atoms with E-state index in [9.17, 15) is 0 Å². The second-order valence-corrected chi connectivity index (χ2v) is 16.1. The highest BCUT2D eigenvalue weighted by molar-refractivity contribution is 7.26. The molecule has 0 spiro atoms. The Morgan fingerprint density at radius 2 is 1.34 bits per heavy atom. The van der Waals surface area contributed by atoms with Crippen LogP contribution in [0.15, 0.2) is 156 Å². The average molecular weight is 717 g/mol. The number of hydrogen-bond acceptors (Lipinski definition) is 5. The molecule has 1 aliphatic carbocycles. The van der Waals surface area contributed by atoms with Gasteiger partial charge in [-0.15, -0.1) is 22.7 Å². The predicted molar refractivity (Wildman–Crippen MR) is 226 cm³/mol. The molecule has 0 N–H and O–H groups in total. The smallest absolute Gasteiger partial charge is 0.180 e. The summed E-state index contributed by atoms with van der Waals surface area (Å²) in [5.74, 6) is 0.460. The Balaban J connectivity index is 0.936. The third kappa shape index (κ3) is 5.07. The predicted octanol–water partition coefficient (Wildman–Crippen LogP) is 14.4. The topological polar surface area (TPSA) is 38.9 Å². The minimum Gasteiger partial charge on any atom is -0.452 e. The standard InChI is InChI=1S/C48H32N2OS2/c1-2-11-30(34-16-8-18-38-36-14-3-5-20-42(36)52-47(34)38)23-22-29(10-1)31-24-25-41-40(27-31)45-46(51-41)44(49-28-50-45)33-13-7-12-32(26-33)35-17-9-19-39-37-15-4-6-21-43(37)53-48(35)39/h1-10,12-21,24-28,30H,11,22-23H2/b2-1-,29-10+. The van der Waals surface area contributed by atoms with Crippen molar-refractivity contribution >= 4 is 90.7 Å². The van der Waals surface area contributed by atoms with Gasteiger partial charge in [-0.2, -0.15) is 0 Å². The lowest BCUT2D eigenvalue weighted by molar-refractivity contribution is 0.648. The zero-order valence-electron chi connectivity index (χ0n) is 28.8. The Labute approximate surface area is 314 Å². The lowest BCUT2D eigenvalue weighted by Gasteiger charge is -2.19. The van der Waals surface area contributed by atoms with E-state index in [1.807, 2.05) is 22.7 Å². The van der Waals surface area contributed by atoms with E-state index >= 15 is 0 Å². The fourth-order valence-corrected chi connectivity index (χ4v) is 10.9. The molecule has 4 heterocycles. The highest BCUT2D eigenvalue weighted by Gasteiger charge is 2.20. The van der Waals surface area contributed by atoms with Gasteiger partial charge in [0.05, 0.1) is 0 Å². The van der Waals surface area contributed by atoms with Crippen molar-refractivity contribution in [2.75, 3.05) is 0 Å². The molecule has 4 aromatic heterocycles. The van der Waals surface area contributed by atoms with Crippen molar-refractivity contribution in [3.63, 3.8) is 0 Å². The number of furan rings is 1. The number of allylic oxidation sites excluding steroid dienone is 4. The van der Waals surface area contributed by atoms with Gasteiger partial charge in [0.15, 0.2) is 5.58 Å². The molecule has 0 amide bonds. The van der Waals surface area contributed by atoms with Crippen LogP contribution in [0.25, 0.3) is 90.4 Å². The summed E-state index contributed by atoms with van der Waals surface area (Å²) in [6, 6.07) is 46.2. The van der Waals surface area contributed by atoms with Crippen molar-refractivity contribution in [1.29, 1.82) is 0 Å². The van der Waals surface area contributed by atoms with Crippen LogP contribution in [0.2, 0.25) is 0 Å². The van der Waals surface area contributed by atoms with Crippen molar-refractivity contribution in [2.24, 2.45) is 0 Å². The van der Waals surface area contributed by atoms with Crippen molar-refractivity contribution in [3.05, 3.63) is 163 Å². The van der Waals surface area contributed by atoms with E-state index in [2.05, 4.69) is 146 Å². The fraction of sp³-hybridized carbons (Fsp3) is 0.0833. The van der Waals surface area contributed by atoms with Crippen molar-refractivity contribution in [2.45, 2.75) is 25.2 Å². The molecule has 0 fully saturated rings. The normalized spacial score (nSPS) is 16.8. The van der Waals surface area contributed by atoms with Gasteiger partial charge in [0.2, 0.25) is 0 Å². The van der Waals surface area contributed by atoms with E-state index in [4.69, 9.17) is 14.4 Å². The Bertz CT molecular complexity index is 3120. The van der Waals surface area contributed by atoms with Crippen molar-refractivity contribution < 1.29 is 4.42 Å². The Morgan fingerprint density at radius 3 is 2.21 bits per heavy atom. The maximum Gasteiger partial charge on any atom is 0.180 e. The summed E-state index contributed by atoms with van der Waals surface area (Å²) in [6.45, 7) is 0. The van der Waals surface area contributed by atoms with Gasteiger partial charge in [-0.3, -0.25) is 0 Å². The van der Waals surface area contributed by atoms with Gasteiger partial charge in [0, 0.05) is 51.3 Å². The highest BCUT2D eigenvalue weighted by atomic mass is 32.1. The maximum absolute atomic E-state index is 6.57. The minimum absolute atomic E-state index is 0.460. The monoisotopic (exact) mass is 716 g/mol. The second-order valence-electron chi connectivity index (χ2n) is 14.0. The zero-order chi connectivity index (χ0) is 34.9. The number of fused-ring (bicyclic) bond motifs is 9. The molecule has 1 aliphatic rings. The molecule has 1 atom stereocenters. The molecule has 6 aromatic carbocycles. The third-order valence-electron chi connectivity index (χ3n) is 11.0. The molecule has 0 aliphatic heterocycles. The van der Waals surface area contributed by atoms with Crippen LogP contribution in [0.1, 0.15) is 36.3 Å².